The summed E-state index contributed by atoms with van der Waals surface area (Å²) >= 11 is 0. The fourth-order valence-electron chi connectivity index (χ4n) is 6.80. The molecule has 0 radical (unpaired) electrons. The Morgan fingerprint density at radius 3 is 2.42 bits per heavy atom. The number of fused-ring (bicyclic) bond motifs is 2. The molecular formula is C23H25N3O7. The highest BCUT2D eigenvalue weighted by Crippen LogP contribution is 2.75. The standard InChI is InChI=1S/C23H25N3O7/c1-8-9-5-4-6-10(27)12(9)15(28)13-11(8)17(29)21-7-22(21,26(2)3)18(30)14(20(25)32)19(31)23(21,33)16(13)24/h4-6,8,11,17,24,27-29,32-33H,7,25H2,1-3H3/b20-14-,24-16?/t8-,11+,17-,21-,22?,23-/m0/s1. The number of aliphatic hydroxyl groups excluding tert-OH is 3. The average Bonchev–Trinajstić information content (AvgIpc) is 3.46. The maximum absolute atomic E-state index is 13.5. The van der Waals surface area contributed by atoms with Gasteiger partial charge in [0.15, 0.2) is 17.3 Å². The summed E-state index contributed by atoms with van der Waals surface area (Å²) in [5, 5.41) is 64.0. The number of aliphatic hydroxyl groups is 4. The van der Waals surface area contributed by atoms with Crippen LogP contribution in [0.15, 0.2) is 35.2 Å². The lowest BCUT2D eigenvalue weighted by molar-refractivity contribution is -0.158. The summed E-state index contributed by atoms with van der Waals surface area (Å²) in [6.07, 6.45) is -1.67. The SMILES string of the molecule is C[C@H]1c2cccc(O)c2C(O)=C2C(=N)[C@]3(O)C(=O)/C(=C(/N)O)C(=O)C4(N(C)C)C[C@]43[C@@H](O)[C@@H]21. The highest BCUT2D eigenvalue weighted by molar-refractivity contribution is 6.39. The minimum atomic E-state index is -2.74. The average molecular weight is 455 g/mol. The zero-order valence-electron chi connectivity index (χ0n) is 18.2. The quantitative estimate of drug-likeness (QED) is 0.175. The molecule has 0 saturated heterocycles. The van der Waals surface area contributed by atoms with E-state index in [2.05, 4.69) is 0 Å². The molecule has 4 aliphatic rings. The number of rotatable bonds is 1. The summed E-state index contributed by atoms with van der Waals surface area (Å²) in [5.74, 6) is -5.45. The Morgan fingerprint density at radius 2 is 1.85 bits per heavy atom. The second-order valence-electron chi connectivity index (χ2n) is 9.67. The van der Waals surface area contributed by atoms with Gasteiger partial charge in [0.25, 0.3) is 0 Å². The normalized spacial score (nSPS) is 40.8. The molecule has 0 amide bonds. The Kier molecular flexibility index (Phi) is 3.94. The molecule has 174 valence electrons. The molecule has 6 atom stereocenters. The summed E-state index contributed by atoms with van der Waals surface area (Å²) in [7, 11) is 3.09. The molecule has 1 aromatic rings. The first-order valence-corrected chi connectivity index (χ1v) is 10.5. The number of nitrogens with zero attached hydrogens (tertiary/aromatic N) is 1. The van der Waals surface area contributed by atoms with Gasteiger partial charge < -0.3 is 36.7 Å². The van der Waals surface area contributed by atoms with Crippen molar-refractivity contribution in [1.82, 2.24) is 4.90 Å². The second-order valence-corrected chi connectivity index (χ2v) is 9.67. The van der Waals surface area contributed by atoms with Crippen LogP contribution in [0.25, 0.3) is 5.76 Å². The van der Waals surface area contributed by atoms with E-state index in [0.29, 0.717) is 5.56 Å². The number of ketones is 2. The molecule has 8 N–H and O–H groups in total. The van der Waals surface area contributed by atoms with Gasteiger partial charge in [0.1, 0.15) is 17.1 Å². The predicted octanol–water partition coefficient (Wildman–Crippen LogP) is 0.0906. The summed E-state index contributed by atoms with van der Waals surface area (Å²) in [4.78, 5) is 28.4. The monoisotopic (exact) mass is 455 g/mol. The van der Waals surface area contributed by atoms with Crippen molar-refractivity contribution in [1.29, 1.82) is 5.41 Å². The molecular weight excluding hydrogens is 430 g/mol. The van der Waals surface area contributed by atoms with Gasteiger partial charge in [-0.2, -0.15) is 0 Å². The molecule has 0 bridgehead atoms. The lowest BCUT2D eigenvalue weighted by atomic mass is 9.52. The van der Waals surface area contributed by atoms with Gasteiger partial charge in [0.2, 0.25) is 5.78 Å². The first-order valence-electron chi connectivity index (χ1n) is 10.5. The van der Waals surface area contributed by atoms with Crippen molar-refractivity contribution in [2.75, 3.05) is 14.1 Å². The van der Waals surface area contributed by atoms with Crippen LogP contribution in [0.5, 0.6) is 5.75 Å². The van der Waals surface area contributed by atoms with E-state index in [1.807, 2.05) is 0 Å². The van der Waals surface area contributed by atoms with Crippen molar-refractivity contribution in [2.45, 2.75) is 36.5 Å². The third-order valence-corrected chi connectivity index (χ3v) is 8.38. The number of hydrogen-bond acceptors (Lipinski definition) is 10. The summed E-state index contributed by atoms with van der Waals surface area (Å²) in [6.45, 7) is 1.75. The molecule has 1 unspecified atom stereocenters. The fourth-order valence-corrected chi connectivity index (χ4v) is 6.80. The van der Waals surface area contributed by atoms with E-state index < -0.39 is 69.0 Å². The summed E-state index contributed by atoms with van der Waals surface area (Å²) in [6, 6.07) is 4.63. The van der Waals surface area contributed by atoms with Crippen molar-refractivity contribution >= 4 is 23.0 Å². The topological polar surface area (TPSA) is 188 Å². The van der Waals surface area contributed by atoms with Crippen molar-refractivity contribution in [3.8, 4) is 5.75 Å². The molecule has 4 aliphatic carbocycles. The van der Waals surface area contributed by atoms with Gasteiger partial charge >= 0.3 is 0 Å². The molecule has 0 aromatic heterocycles. The zero-order valence-corrected chi connectivity index (χ0v) is 18.2. The summed E-state index contributed by atoms with van der Waals surface area (Å²) in [5.41, 5.74) is -1.79. The summed E-state index contributed by atoms with van der Waals surface area (Å²) < 4.78 is 0. The van der Waals surface area contributed by atoms with Crippen molar-refractivity contribution in [3.05, 3.63) is 46.4 Å². The smallest absolute Gasteiger partial charge is 0.210 e. The largest absolute Gasteiger partial charge is 0.507 e. The van der Waals surface area contributed by atoms with E-state index in [9.17, 15) is 35.1 Å². The fraction of sp³-hybridized carbons (Fsp3) is 0.435. The lowest BCUT2D eigenvalue weighted by Gasteiger charge is -2.55. The molecule has 3 fully saturated rings. The van der Waals surface area contributed by atoms with E-state index in [4.69, 9.17) is 11.1 Å². The first-order chi connectivity index (χ1) is 15.3. The third kappa shape index (κ3) is 1.96. The lowest BCUT2D eigenvalue weighted by Crippen LogP contribution is -2.73. The van der Waals surface area contributed by atoms with Gasteiger partial charge in [-0.15, -0.1) is 0 Å². The number of likely N-dealkylation sites (N-methyl/N-ethyl adjacent to an activating group) is 1. The first kappa shape index (κ1) is 21.6. The number of carbonyl (C=O) groups excluding carboxylic acids is 2. The number of phenols is 1. The number of hydrogen-bond donors (Lipinski definition) is 7. The van der Waals surface area contributed by atoms with Crippen LogP contribution in [0.3, 0.4) is 0 Å². The van der Waals surface area contributed by atoms with Gasteiger partial charge in [-0.1, -0.05) is 19.1 Å². The highest BCUT2D eigenvalue weighted by atomic mass is 16.3. The van der Waals surface area contributed by atoms with Crippen LogP contribution in [-0.2, 0) is 9.59 Å². The molecule has 1 spiro atoms. The van der Waals surface area contributed by atoms with E-state index in [1.165, 1.54) is 11.0 Å². The Balaban J connectivity index is 1.86. The van der Waals surface area contributed by atoms with Crippen molar-refractivity contribution in [2.24, 2.45) is 17.1 Å². The Bertz CT molecular complexity index is 1250. The maximum atomic E-state index is 13.5. The molecule has 1 aromatic carbocycles. The molecule has 33 heavy (non-hydrogen) atoms. The van der Waals surface area contributed by atoms with E-state index in [-0.39, 0.29) is 23.3 Å². The van der Waals surface area contributed by atoms with Crippen LogP contribution in [0.2, 0.25) is 0 Å². The van der Waals surface area contributed by atoms with Crippen LogP contribution < -0.4 is 5.73 Å². The van der Waals surface area contributed by atoms with Crippen LogP contribution in [0.1, 0.15) is 30.4 Å². The Labute approximate surface area is 188 Å². The van der Waals surface area contributed by atoms with Gasteiger partial charge in [-0.05, 0) is 38.1 Å². The molecule has 0 aliphatic heterocycles. The number of phenolic OH excluding ortho intramolecular Hbond substituents is 1. The van der Waals surface area contributed by atoms with Crippen LogP contribution in [0.4, 0.5) is 0 Å². The van der Waals surface area contributed by atoms with Gasteiger partial charge in [-0.3, -0.25) is 14.5 Å². The van der Waals surface area contributed by atoms with Crippen LogP contribution in [0, 0.1) is 16.7 Å². The maximum Gasteiger partial charge on any atom is 0.210 e. The third-order valence-electron chi connectivity index (χ3n) is 8.38. The molecule has 10 nitrogen and oxygen atoms in total. The van der Waals surface area contributed by atoms with E-state index in [1.54, 1.807) is 33.2 Å². The molecule has 0 heterocycles. The number of Topliss-reactive ketones (excluding diaryl/α,β-unsaturated/α-hetero) is 2. The number of nitrogens with two attached hydrogens (primary N) is 1. The number of carbonyl (C=O) groups is 2. The van der Waals surface area contributed by atoms with Crippen LogP contribution >= 0.6 is 0 Å². The molecule has 5 rings (SSSR count). The molecule has 3 saturated carbocycles. The van der Waals surface area contributed by atoms with E-state index in [0.717, 1.165) is 0 Å². The predicted molar refractivity (Wildman–Crippen MR) is 116 cm³/mol. The number of aromatic hydroxyl groups is 1. The molecule has 10 heteroatoms. The van der Waals surface area contributed by atoms with Crippen molar-refractivity contribution < 1.29 is 35.1 Å². The second kappa shape index (κ2) is 6.02. The van der Waals surface area contributed by atoms with Gasteiger partial charge in [0.05, 0.1) is 28.3 Å². The Morgan fingerprint density at radius 1 is 1.21 bits per heavy atom. The Hall–Kier alpha value is -3.21. The minimum Gasteiger partial charge on any atom is -0.507 e. The van der Waals surface area contributed by atoms with Gasteiger partial charge in [-0.25, -0.2) is 0 Å². The number of nitrogens with one attached hydrogen (secondary N) is 1. The van der Waals surface area contributed by atoms with E-state index >= 15 is 0 Å². The van der Waals surface area contributed by atoms with Crippen molar-refractivity contribution in [3.63, 3.8) is 0 Å². The highest BCUT2D eigenvalue weighted by Gasteiger charge is 2.91. The van der Waals surface area contributed by atoms with Crippen LogP contribution in [-0.4, -0.2) is 79.1 Å². The number of benzene rings is 1. The zero-order chi connectivity index (χ0) is 24.4. The minimum absolute atomic E-state index is 0.0548. The van der Waals surface area contributed by atoms with Gasteiger partial charge in [0, 0.05) is 11.5 Å².